The molecule has 6 heteroatoms. The van der Waals surface area contributed by atoms with E-state index in [9.17, 15) is 4.79 Å². The van der Waals surface area contributed by atoms with E-state index in [0.29, 0.717) is 11.6 Å². The van der Waals surface area contributed by atoms with Crippen LogP contribution >= 0.6 is 0 Å². The summed E-state index contributed by atoms with van der Waals surface area (Å²) in [5.74, 6) is 1.05. The Morgan fingerprint density at radius 1 is 1.12 bits per heavy atom. The van der Waals surface area contributed by atoms with Crippen LogP contribution < -0.4 is 0 Å². The number of carbonyl (C=O) groups is 1. The largest absolute Gasteiger partial charge is 0.335 e. The van der Waals surface area contributed by atoms with Crippen LogP contribution in [0.5, 0.6) is 0 Å². The number of rotatable bonds is 3. The van der Waals surface area contributed by atoms with E-state index in [2.05, 4.69) is 46.2 Å². The minimum atomic E-state index is -0.0177. The second-order valence-corrected chi connectivity index (χ2v) is 6.45. The zero-order valence-corrected chi connectivity index (χ0v) is 14.7. The van der Waals surface area contributed by atoms with Crippen molar-refractivity contribution in [2.24, 2.45) is 7.05 Å². The summed E-state index contributed by atoms with van der Waals surface area (Å²) in [5.41, 5.74) is 2.69. The van der Waals surface area contributed by atoms with Crippen LogP contribution in [0.3, 0.4) is 0 Å². The van der Waals surface area contributed by atoms with Crippen LogP contribution in [0.25, 0.3) is 0 Å². The van der Waals surface area contributed by atoms with Crippen LogP contribution in [0, 0.1) is 13.8 Å². The number of hydrogen-bond donors (Lipinski definition) is 0. The first-order valence-corrected chi connectivity index (χ1v) is 8.48. The molecule has 1 saturated heterocycles. The average Bonchev–Trinajstić information content (AvgIpc) is 2.75. The van der Waals surface area contributed by atoms with Crippen molar-refractivity contribution >= 4 is 5.91 Å². The summed E-state index contributed by atoms with van der Waals surface area (Å²) >= 11 is 0. The summed E-state index contributed by atoms with van der Waals surface area (Å²) in [6, 6.07) is 8.50. The minimum absolute atomic E-state index is 0.0177. The van der Waals surface area contributed by atoms with Crippen molar-refractivity contribution in [3.63, 3.8) is 0 Å². The van der Waals surface area contributed by atoms with Gasteiger partial charge in [0.15, 0.2) is 0 Å². The fourth-order valence-corrected chi connectivity index (χ4v) is 3.20. The lowest BCUT2D eigenvalue weighted by atomic mass is 10.1. The molecule has 1 aromatic carbocycles. The van der Waals surface area contributed by atoms with E-state index in [-0.39, 0.29) is 5.91 Å². The molecule has 3 rings (SSSR count). The highest BCUT2D eigenvalue weighted by molar-refractivity contribution is 5.90. The second-order valence-electron chi connectivity index (χ2n) is 6.45. The molecule has 2 heterocycles. The molecule has 1 amide bonds. The molecule has 0 saturated carbocycles. The number of carbonyl (C=O) groups excluding carboxylic acids is 1. The standard InChI is InChI=1S/C18H25N5O/c1-14-7-4-5-8-16(14)13-22-9-6-10-23(12-11-22)18(24)17-19-15(2)20-21(17)3/h4-5,7-8H,6,9-13H2,1-3H3. The third-order valence-corrected chi connectivity index (χ3v) is 4.59. The van der Waals surface area contributed by atoms with E-state index in [0.717, 1.165) is 39.1 Å². The highest BCUT2D eigenvalue weighted by Crippen LogP contribution is 2.14. The molecule has 1 fully saturated rings. The van der Waals surface area contributed by atoms with Gasteiger partial charge in [-0.15, -0.1) is 0 Å². The van der Waals surface area contributed by atoms with Gasteiger partial charge in [0, 0.05) is 39.8 Å². The molecule has 0 spiro atoms. The fraction of sp³-hybridized carbons (Fsp3) is 0.500. The monoisotopic (exact) mass is 327 g/mol. The summed E-state index contributed by atoms with van der Waals surface area (Å²) in [6.07, 6.45) is 0.981. The van der Waals surface area contributed by atoms with Crippen LogP contribution in [0.15, 0.2) is 24.3 Å². The molecule has 1 aliphatic heterocycles. The van der Waals surface area contributed by atoms with Crippen LogP contribution in [0.2, 0.25) is 0 Å². The van der Waals surface area contributed by atoms with E-state index in [1.54, 1.807) is 11.7 Å². The zero-order valence-electron chi connectivity index (χ0n) is 14.7. The van der Waals surface area contributed by atoms with E-state index >= 15 is 0 Å². The number of hydrogen-bond acceptors (Lipinski definition) is 4. The van der Waals surface area contributed by atoms with Crippen molar-refractivity contribution in [3.05, 3.63) is 47.0 Å². The molecule has 6 nitrogen and oxygen atoms in total. The Balaban J connectivity index is 1.64. The lowest BCUT2D eigenvalue weighted by molar-refractivity contribution is 0.0744. The molecule has 0 radical (unpaired) electrons. The van der Waals surface area contributed by atoms with Crippen molar-refractivity contribution in [1.29, 1.82) is 0 Å². The Hall–Kier alpha value is -2.21. The summed E-state index contributed by atoms with van der Waals surface area (Å²) in [6.45, 7) is 8.30. The summed E-state index contributed by atoms with van der Waals surface area (Å²) in [4.78, 5) is 21.3. The molecule has 0 N–H and O–H groups in total. The first kappa shape index (κ1) is 16.6. The fourth-order valence-electron chi connectivity index (χ4n) is 3.20. The Bertz CT molecular complexity index is 724. The first-order chi connectivity index (χ1) is 11.5. The van der Waals surface area contributed by atoms with Gasteiger partial charge < -0.3 is 4.90 Å². The highest BCUT2D eigenvalue weighted by atomic mass is 16.2. The molecule has 0 aliphatic carbocycles. The highest BCUT2D eigenvalue weighted by Gasteiger charge is 2.24. The maximum absolute atomic E-state index is 12.7. The van der Waals surface area contributed by atoms with Gasteiger partial charge in [-0.1, -0.05) is 24.3 Å². The van der Waals surface area contributed by atoms with Crippen LogP contribution in [-0.2, 0) is 13.6 Å². The number of benzene rings is 1. The van der Waals surface area contributed by atoms with E-state index in [1.165, 1.54) is 11.1 Å². The summed E-state index contributed by atoms with van der Waals surface area (Å²) in [7, 11) is 1.77. The maximum Gasteiger partial charge on any atom is 0.291 e. The van der Waals surface area contributed by atoms with Crippen LogP contribution in [-0.4, -0.2) is 56.7 Å². The number of aryl methyl sites for hydroxylation is 3. The predicted molar refractivity (Wildman–Crippen MR) is 92.7 cm³/mol. The Morgan fingerprint density at radius 3 is 2.62 bits per heavy atom. The van der Waals surface area contributed by atoms with E-state index < -0.39 is 0 Å². The van der Waals surface area contributed by atoms with E-state index in [1.807, 2.05) is 11.8 Å². The van der Waals surface area contributed by atoms with Crippen molar-refractivity contribution in [2.45, 2.75) is 26.8 Å². The molecule has 2 aromatic rings. The lowest BCUT2D eigenvalue weighted by Gasteiger charge is -2.22. The van der Waals surface area contributed by atoms with Gasteiger partial charge >= 0.3 is 0 Å². The Kier molecular flexibility index (Phi) is 4.94. The topological polar surface area (TPSA) is 54.3 Å². The van der Waals surface area contributed by atoms with Gasteiger partial charge in [-0.25, -0.2) is 9.67 Å². The van der Waals surface area contributed by atoms with E-state index in [4.69, 9.17) is 0 Å². The molecule has 24 heavy (non-hydrogen) atoms. The Labute approximate surface area is 143 Å². The van der Waals surface area contributed by atoms with Gasteiger partial charge in [0.05, 0.1) is 0 Å². The van der Waals surface area contributed by atoms with Gasteiger partial charge in [0.25, 0.3) is 5.91 Å². The minimum Gasteiger partial charge on any atom is -0.335 e. The van der Waals surface area contributed by atoms with Gasteiger partial charge in [-0.3, -0.25) is 9.69 Å². The molecule has 0 unspecified atom stereocenters. The molecular formula is C18H25N5O. The van der Waals surface area contributed by atoms with Crippen molar-refractivity contribution < 1.29 is 4.79 Å². The van der Waals surface area contributed by atoms with Crippen LogP contribution in [0.4, 0.5) is 0 Å². The van der Waals surface area contributed by atoms with Gasteiger partial charge in [0.1, 0.15) is 5.82 Å². The Morgan fingerprint density at radius 2 is 1.92 bits per heavy atom. The van der Waals surface area contributed by atoms with Crippen molar-refractivity contribution in [3.8, 4) is 0 Å². The first-order valence-electron chi connectivity index (χ1n) is 8.48. The number of aromatic nitrogens is 3. The SMILES string of the molecule is Cc1nc(C(=O)N2CCCN(Cc3ccccc3C)CC2)n(C)n1. The summed E-state index contributed by atoms with van der Waals surface area (Å²) in [5, 5.41) is 4.18. The molecule has 0 bridgehead atoms. The number of amides is 1. The molecule has 0 atom stereocenters. The van der Waals surface area contributed by atoms with Gasteiger partial charge in [-0.2, -0.15) is 5.10 Å². The zero-order chi connectivity index (χ0) is 17.1. The van der Waals surface area contributed by atoms with Gasteiger partial charge in [-0.05, 0) is 31.4 Å². The third kappa shape index (κ3) is 3.64. The predicted octanol–water partition coefficient (Wildman–Crippen LogP) is 1.78. The lowest BCUT2D eigenvalue weighted by Crippen LogP contribution is -2.36. The molecule has 1 aliphatic rings. The molecule has 128 valence electrons. The maximum atomic E-state index is 12.7. The summed E-state index contributed by atoms with van der Waals surface area (Å²) < 4.78 is 1.58. The quantitative estimate of drug-likeness (QED) is 0.862. The van der Waals surface area contributed by atoms with Gasteiger partial charge in [0.2, 0.25) is 5.82 Å². The van der Waals surface area contributed by atoms with Crippen molar-refractivity contribution in [1.82, 2.24) is 24.6 Å². The smallest absolute Gasteiger partial charge is 0.291 e. The van der Waals surface area contributed by atoms with Crippen molar-refractivity contribution in [2.75, 3.05) is 26.2 Å². The third-order valence-electron chi connectivity index (χ3n) is 4.59. The second kappa shape index (κ2) is 7.13. The average molecular weight is 327 g/mol. The molecule has 1 aromatic heterocycles. The normalized spacial score (nSPS) is 16.2. The number of nitrogens with zero attached hydrogens (tertiary/aromatic N) is 5. The molecular weight excluding hydrogens is 302 g/mol. The van der Waals surface area contributed by atoms with Crippen LogP contribution in [0.1, 0.15) is 34.0 Å².